The van der Waals surface area contributed by atoms with Gasteiger partial charge in [0, 0.05) is 23.1 Å². The molecule has 5 rings (SSSR count). The molecule has 0 amide bonds. The van der Waals surface area contributed by atoms with Crippen molar-refractivity contribution < 1.29 is 9.47 Å². The van der Waals surface area contributed by atoms with Crippen LogP contribution < -0.4 is 15.0 Å². The van der Waals surface area contributed by atoms with E-state index in [4.69, 9.17) is 9.47 Å². The number of aromatic nitrogens is 3. The standard InChI is InChI=1S/C21H15N3O3/c1-26-13-6-4-12(5-7-13)17-15-8-9-16-14(3-2-10-22-16)19(15)27-21-18(17)20(25)23-11-24-21/h2-11,17H,1H3,(H,23,24,25). The molecule has 0 aliphatic carbocycles. The third kappa shape index (κ3) is 2.38. The van der Waals surface area contributed by atoms with Crippen molar-refractivity contribution >= 4 is 10.9 Å². The first-order valence-corrected chi connectivity index (χ1v) is 8.53. The van der Waals surface area contributed by atoms with E-state index < -0.39 is 0 Å². The summed E-state index contributed by atoms with van der Waals surface area (Å²) in [5.41, 5.74) is 2.99. The van der Waals surface area contributed by atoms with Crippen molar-refractivity contribution in [2.24, 2.45) is 0 Å². The number of fused-ring (bicyclic) bond motifs is 4. The summed E-state index contributed by atoms with van der Waals surface area (Å²) in [6.07, 6.45) is 3.11. The first-order valence-electron chi connectivity index (χ1n) is 8.53. The van der Waals surface area contributed by atoms with Gasteiger partial charge < -0.3 is 14.5 Å². The molecule has 4 aromatic rings. The van der Waals surface area contributed by atoms with E-state index in [1.807, 2.05) is 48.5 Å². The van der Waals surface area contributed by atoms with Gasteiger partial charge in [-0.25, -0.2) is 4.98 Å². The molecule has 132 valence electrons. The zero-order valence-corrected chi connectivity index (χ0v) is 14.5. The maximum Gasteiger partial charge on any atom is 0.258 e. The first kappa shape index (κ1) is 15.6. The molecule has 6 nitrogen and oxygen atoms in total. The summed E-state index contributed by atoms with van der Waals surface area (Å²) >= 11 is 0. The van der Waals surface area contributed by atoms with Crippen LogP contribution in [-0.2, 0) is 0 Å². The average molecular weight is 357 g/mol. The predicted molar refractivity (Wildman–Crippen MR) is 101 cm³/mol. The number of nitrogens with zero attached hydrogens (tertiary/aromatic N) is 2. The van der Waals surface area contributed by atoms with E-state index in [1.54, 1.807) is 13.3 Å². The van der Waals surface area contributed by atoms with Gasteiger partial charge in [0.05, 0.1) is 24.5 Å². The van der Waals surface area contributed by atoms with Crippen LogP contribution in [0.1, 0.15) is 22.6 Å². The molecule has 2 aromatic carbocycles. The van der Waals surface area contributed by atoms with Crippen molar-refractivity contribution in [2.75, 3.05) is 7.11 Å². The summed E-state index contributed by atoms with van der Waals surface area (Å²) in [6.45, 7) is 0. The Balaban J connectivity index is 1.81. The summed E-state index contributed by atoms with van der Waals surface area (Å²) < 4.78 is 11.3. The smallest absolute Gasteiger partial charge is 0.258 e. The number of rotatable bonds is 2. The Kier molecular flexibility index (Phi) is 3.43. The van der Waals surface area contributed by atoms with Crippen molar-refractivity contribution in [3.05, 3.63) is 88.1 Å². The van der Waals surface area contributed by atoms with Crippen LogP contribution in [0.3, 0.4) is 0 Å². The quantitative estimate of drug-likeness (QED) is 0.522. The molecular formula is C21H15N3O3. The summed E-state index contributed by atoms with van der Waals surface area (Å²) in [6, 6.07) is 15.4. The molecule has 1 N–H and O–H groups in total. The highest BCUT2D eigenvalue weighted by Crippen LogP contribution is 2.47. The molecule has 0 bridgehead atoms. The van der Waals surface area contributed by atoms with Crippen LogP contribution in [0.15, 0.2) is 65.8 Å². The zero-order chi connectivity index (χ0) is 18.4. The maximum atomic E-state index is 12.6. The summed E-state index contributed by atoms with van der Waals surface area (Å²) in [4.78, 5) is 24.0. The topological polar surface area (TPSA) is 77.1 Å². The van der Waals surface area contributed by atoms with Crippen LogP contribution in [0.4, 0.5) is 0 Å². The third-order valence-corrected chi connectivity index (χ3v) is 4.87. The molecule has 0 fully saturated rings. The molecule has 0 saturated heterocycles. The number of hydrogen-bond donors (Lipinski definition) is 1. The molecule has 1 aliphatic rings. The van der Waals surface area contributed by atoms with Gasteiger partial charge in [-0.3, -0.25) is 9.78 Å². The van der Waals surface area contributed by atoms with Gasteiger partial charge in [-0.15, -0.1) is 0 Å². The molecule has 3 heterocycles. The number of pyridine rings is 1. The minimum absolute atomic E-state index is 0.210. The highest BCUT2D eigenvalue weighted by molar-refractivity contribution is 5.88. The SMILES string of the molecule is COc1ccc(C2c3ccc4ncccc4c3Oc3nc[nH]c(=O)c32)cc1. The first-order chi connectivity index (χ1) is 13.3. The van der Waals surface area contributed by atoms with Gasteiger partial charge in [0.1, 0.15) is 11.5 Å². The number of H-pyrrole nitrogens is 1. The van der Waals surface area contributed by atoms with Crippen LogP contribution in [0.5, 0.6) is 17.4 Å². The number of benzene rings is 2. The van der Waals surface area contributed by atoms with Crippen LogP contribution in [0.2, 0.25) is 0 Å². The van der Waals surface area contributed by atoms with Crippen LogP contribution in [0.25, 0.3) is 10.9 Å². The minimum Gasteiger partial charge on any atom is -0.497 e. The van der Waals surface area contributed by atoms with Crippen LogP contribution in [-0.4, -0.2) is 22.1 Å². The lowest BCUT2D eigenvalue weighted by molar-refractivity contribution is 0.414. The molecule has 0 radical (unpaired) electrons. The van der Waals surface area contributed by atoms with Crippen molar-refractivity contribution in [2.45, 2.75) is 5.92 Å². The molecular weight excluding hydrogens is 342 g/mol. The number of nitrogens with one attached hydrogen (secondary N) is 1. The Labute approximate surface area is 154 Å². The lowest BCUT2D eigenvalue weighted by atomic mass is 9.83. The number of methoxy groups -OCH3 is 1. The van der Waals surface area contributed by atoms with E-state index in [1.165, 1.54) is 6.33 Å². The summed E-state index contributed by atoms with van der Waals surface area (Å²) in [7, 11) is 1.63. The van der Waals surface area contributed by atoms with Gasteiger partial charge in [0.15, 0.2) is 0 Å². The van der Waals surface area contributed by atoms with Gasteiger partial charge in [-0.2, -0.15) is 0 Å². The largest absolute Gasteiger partial charge is 0.497 e. The fourth-order valence-corrected chi connectivity index (χ4v) is 3.61. The Hall–Kier alpha value is -3.67. The van der Waals surface area contributed by atoms with Gasteiger partial charge in [0.2, 0.25) is 5.88 Å². The lowest BCUT2D eigenvalue weighted by Crippen LogP contribution is -2.23. The van der Waals surface area contributed by atoms with E-state index in [0.29, 0.717) is 17.2 Å². The molecule has 1 unspecified atom stereocenters. The Bertz CT molecular complexity index is 1220. The van der Waals surface area contributed by atoms with Crippen LogP contribution >= 0.6 is 0 Å². The van der Waals surface area contributed by atoms with Gasteiger partial charge in [-0.1, -0.05) is 18.2 Å². The van der Waals surface area contributed by atoms with Gasteiger partial charge >= 0.3 is 0 Å². The highest BCUT2D eigenvalue weighted by Gasteiger charge is 2.33. The fourth-order valence-electron chi connectivity index (χ4n) is 3.61. The third-order valence-electron chi connectivity index (χ3n) is 4.87. The predicted octanol–water partition coefficient (Wildman–Crippen LogP) is 3.61. The van der Waals surface area contributed by atoms with Crippen molar-refractivity contribution in [3.8, 4) is 17.4 Å². The Morgan fingerprint density at radius 3 is 2.74 bits per heavy atom. The number of ether oxygens (including phenoxy) is 2. The normalized spacial score (nSPS) is 14.9. The molecule has 0 saturated carbocycles. The second kappa shape index (κ2) is 5.95. The van der Waals surface area contributed by atoms with Gasteiger partial charge in [-0.05, 0) is 35.9 Å². The number of aromatic amines is 1. The average Bonchev–Trinajstić information content (AvgIpc) is 2.72. The maximum absolute atomic E-state index is 12.6. The molecule has 27 heavy (non-hydrogen) atoms. The van der Waals surface area contributed by atoms with Gasteiger partial charge in [0.25, 0.3) is 5.56 Å². The second-order valence-corrected chi connectivity index (χ2v) is 6.31. The summed E-state index contributed by atoms with van der Waals surface area (Å²) in [5, 5.41) is 0.890. The summed E-state index contributed by atoms with van der Waals surface area (Å²) in [5.74, 6) is 1.47. The Morgan fingerprint density at radius 1 is 1.07 bits per heavy atom. The Morgan fingerprint density at radius 2 is 1.93 bits per heavy atom. The monoisotopic (exact) mass is 357 g/mol. The molecule has 1 aliphatic heterocycles. The number of hydrogen-bond acceptors (Lipinski definition) is 5. The van der Waals surface area contributed by atoms with E-state index in [2.05, 4.69) is 15.0 Å². The van der Waals surface area contributed by atoms with Crippen molar-refractivity contribution in [3.63, 3.8) is 0 Å². The van der Waals surface area contributed by atoms with E-state index in [9.17, 15) is 4.79 Å². The highest BCUT2D eigenvalue weighted by atomic mass is 16.5. The van der Waals surface area contributed by atoms with Crippen molar-refractivity contribution in [1.82, 2.24) is 15.0 Å². The zero-order valence-electron chi connectivity index (χ0n) is 14.5. The van der Waals surface area contributed by atoms with Crippen molar-refractivity contribution in [1.29, 1.82) is 0 Å². The minimum atomic E-state index is -0.295. The second-order valence-electron chi connectivity index (χ2n) is 6.31. The van der Waals surface area contributed by atoms with E-state index in [0.717, 1.165) is 27.8 Å². The van der Waals surface area contributed by atoms with E-state index in [-0.39, 0.29) is 11.5 Å². The van der Waals surface area contributed by atoms with Crippen LogP contribution in [0, 0.1) is 0 Å². The molecule has 0 spiro atoms. The molecule has 1 atom stereocenters. The molecule has 6 heteroatoms. The molecule has 2 aromatic heterocycles. The fraction of sp³-hybridized carbons (Fsp3) is 0.0952. The lowest BCUT2D eigenvalue weighted by Gasteiger charge is -2.27. The van der Waals surface area contributed by atoms with E-state index >= 15 is 0 Å².